The van der Waals surface area contributed by atoms with Gasteiger partial charge >= 0.3 is 0 Å². The van der Waals surface area contributed by atoms with E-state index in [0.717, 1.165) is 6.42 Å². The molecule has 2 rings (SSSR count). The number of imide groups is 1. The van der Waals surface area contributed by atoms with Gasteiger partial charge in [0.05, 0.1) is 11.4 Å². The lowest BCUT2D eigenvalue weighted by atomic mass is 9.88. The van der Waals surface area contributed by atoms with Crippen LogP contribution in [0.1, 0.15) is 45.6 Å². The minimum atomic E-state index is -0.640. The maximum atomic E-state index is 13.2. The summed E-state index contributed by atoms with van der Waals surface area (Å²) in [6.07, 6.45) is 2.46. The summed E-state index contributed by atoms with van der Waals surface area (Å²) in [6, 6.07) is 0.817. The topological polar surface area (TPSA) is 86.2 Å². The maximum Gasteiger partial charge on any atom is 0.249 e. The van der Waals surface area contributed by atoms with Crippen molar-refractivity contribution in [1.29, 1.82) is 5.41 Å². The predicted molar refractivity (Wildman–Crippen MR) is 105 cm³/mol. The van der Waals surface area contributed by atoms with E-state index in [1.807, 2.05) is 20.8 Å². The molecule has 1 unspecified atom stereocenters. The van der Waals surface area contributed by atoms with E-state index in [0.29, 0.717) is 18.8 Å². The van der Waals surface area contributed by atoms with Crippen molar-refractivity contribution >= 4 is 40.8 Å². The number of halogens is 2. The molecule has 1 fully saturated rings. The molecule has 1 atom stereocenters. The lowest BCUT2D eigenvalue weighted by molar-refractivity contribution is -0.130. The second-order valence-corrected chi connectivity index (χ2v) is 8.01. The van der Waals surface area contributed by atoms with Gasteiger partial charge in [-0.25, -0.2) is 9.37 Å². The molecule has 0 radical (unpaired) electrons. The summed E-state index contributed by atoms with van der Waals surface area (Å²) in [5.74, 6) is -1.22. The van der Waals surface area contributed by atoms with Crippen LogP contribution in [-0.2, 0) is 9.59 Å². The van der Waals surface area contributed by atoms with Gasteiger partial charge in [0.25, 0.3) is 0 Å². The molecule has 0 saturated carbocycles. The maximum absolute atomic E-state index is 13.2. The molecule has 2 amide bonds. The molecule has 0 aliphatic carbocycles. The quantitative estimate of drug-likeness (QED) is 0.745. The minimum absolute atomic E-state index is 0.131. The van der Waals surface area contributed by atoms with Gasteiger partial charge in [0.1, 0.15) is 17.7 Å². The van der Waals surface area contributed by atoms with E-state index in [4.69, 9.17) is 17.0 Å². The summed E-state index contributed by atoms with van der Waals surface area (Å²) >= 11 is 6.21. The van der Waals surface area contributed by atoms with Crippen molar-refractivity contribution in [2.24, 2.45) is 5.41 Å². The van der Waals surface area contributed by atoms with Gasteiger partial charge in [0, 0.05) is 29.4 Å². The molecule has 2 heterocycles. The number of nitrogens with one attached hydrogen (secondary N) is 2. The van der Waals surface area contributed by atoms with Crippen molar-refractivity contribution in [3.8, 4) is 0 Å². The highest BCUT2D eigenvalue weighted by Crippen LogP contribution is 2.32. The number of hydrogen-bond acceptors (Lipinski definition) is 5. The Morgan fingerprint density at radius 3 is 2.70 bits per heavy atom. The van der Waals surface area contributed by atoms with Crippen LogP contribution in [0.4, 0.5) is 10.2 Å². The molecule has 1 aromatic heterocycles. The first-order valence-electron chi connectivity index (χ1n) is 8.69. The summed E-state index contributed by atoms with van der Waals surface area (Å²) in [5, 5.41) is 10.5. The van der Waals surface area contributed by atoms with Crippen LogP contribution in [-0.4, -0.2) is 35.1 Å². The average molecular weight is 395 g/mol. The van der Waals surface area contributed by atoms with Crippen LogP contribution in [0.2, 0.25) is 5.02 Å². The molecular weight excluding hydrogens is 371 g/mol. The fraction of sp³-hybridized carbons (Fsp3) is 0.474. The van der Waals surface area contributed by atoms with Gasteiger partial charge in [0.2, 0.25) is 11.8 Å². The zero-order valence-corrected chi connectivity index (χ0v) is 16.5. The molecule has 0 bridgehead atoms. The Labute approximate surface area is 163 Å². The summed E-state index contributed by atoms with van der Waals surface area (Å²) in [6.45, 7) is 9.28. The number of hydrogen-bond donors (Lipinski definition) is 2. The van der Waals surface area contributed by atoms with Gasteiger partial charge in [-0.3, -0.25) is 14.9 Å². The first kappa shape index (κ1) is 21.0. The van der Waals surface area contributed by atoms with Crippen LogP contribution in [0.25, 0.3) is 5.83 Å². The van der Waals surface area contributed by atoms with Crippen molar-refractivity contribution < 1.29 is 14.0 Å². The van der Waals surface area contributed by atoms with Gasteiger partial charge in [-0.05, 0) is 18.9 Å². The zero-order chi connectivity index (χ0) is 20.4. The van der Waals surface area contributed by atoms with Gasteiger partial charge in [0.15, 0.2) is 0 Å². The summed E-state index contributed by atoms with van der Waals surface area (Å²) in [7, 11) is 0. The summed E-state index contributed by atoms with van der Waals surface area (Å²) in [5.41, 5.74) is 0.00186. The molecule has 146 valence electrons. The fourth-order valence-electron chi connectivity index (χ4n) is 2.77. The third-order valence-electron chi connectivity index (χ3n) is 4.47. The van der Waals surface area contributed by atoms with Gasteiger partial charge in [-0.2, -0.15) is 0 Å². The van der Waals surface area contributed by atoms with Gasteiger partial charge in [-0.1, -0.05) is 39.0 Å². The predicted octanol–water partition coefficient (Wildman–Crippen LogP) is 3.74. The van der Waals surface area contributed by atoms with Crippen LogP contribution in [0.3, 0.4) is 0 Å². The van der Waals surface area contributed by atoms with Crippen molar-refractivity contribution in [1.82, 2.24) is 10.3 Å². The van der Waals surface area contributed by atoms with E-state index in [-0.39, 0.29) is 22.7 Å². The second-order valence-electron chi connectivity index (χ2n) is 7.60. The lowest BCUT2D eigenvalue weighted by Crippen LogP contribution is -2.46. The third kappa shape index (κ3) is 5.13. The molecule has 1 saturated heterocycles. The normalized spacial score (nSPS) is 16.9. The van der Waals surface area contributed by atoms with Crippen molar-refractivity contribution in [2.75, 3.05) is 11.4 Å². The van der Waals surface area contributed by atoms with Gasteiger partial charge in [-0.15, -0.1) is 0 Å². The summed E-state index contributed by atoms with van der Waals surface area (Å²) < 4.78 is 13.2. The molecule has 1 aliphatic heterocycles. The van der Waals surface area contributed by atoms with E-state index in [2.05, 4.69) is 16.9 Å². The molecule has 2 N–H and O–H groups in total. The molecule has 8 heteroatoms. The molecule has 1 aromatic rings. The standard InChI is InChI=1S/C19H24ClFN4O2/c1-11(21)12-8-13(20)17(23-10-12)25-7-5-6-14(25)18(27)24-16(26)9-15(22)19(2,3)4/h8,10,14,22H,1,5-7,9H2,2-4H3,(H,24,26,27). The largest absolute Gasteiger partial charge is 0.343 e. The van der Waals surface area contributed by atoms with Crippen molar-refractivity contribution in [3.63, 3.8) is 0 Å². The first-order chi connectivity index (χ1) is 12.5. The average Bonchev–Trinajstić information content (AvgIpc) is 3.02. The number of carbonyl (C=O) groups excluding carboxylic acids is 2. The number of amides is 2. The Hall–Kier alpha value is -2.28. The zero-order valence-electron chi connectivity index (χ0n) is 15.7. The van der Waals surface area contributed by atoms with E-state index < -0.39 is 29.1 Å². The van der Waals surface area contributed by atoms with E-state index in [9.17, 15) is 14.0 Å². The van der Waals surface area contributed by atoms with Gasteiger partial charge < -0.3 is 10.3 Å². The number of rotatable bonds is 5. The fourth-order valence-corrected chi connectivity index (χ4v) is 3.05. The number of aromatic nitrogens is 1. The highest BCUT2D eigenvalue weighted by molar-refractivity contribution is 6.33. The molecule has 6 nitrogen and oxygen atoms in total. The van der Waals surface area contributed by atoms with Crippen molar-refractivity contribution in [3.05, 3.63) is 29.4 Å². The SMILES string of the molecule is C=C(F)c1cnc(N2CCCC2C(=O)NC(=O)CC(=N)C(C)(C)C)c(Cl)c1. The smallest absolute Gasteiger partial charge is 0.249 e. The Bertz CT molecular complexity index is 788. The molecule has 27 heavy (non-hydrogen) atoms. The number of nitrogens with zero attached hydrogens (tertiary/aromatic N) is 2. The number of carbonyl (C=O) groups is 2. The molecule has 1 aliphatic rings. The Balaban J connectivity index is 2.09. The van der Waals surface area contributed by atoms with Crippen LogP contribution in [0.15, 0.2) is 18.8 Å². The third-order valence-corrected chi connectivity index (χ3v) is 4.75. The van der Waals surface area contributed by atoms with E-state index in [1.165, 1.54) is 12.3 Å². The highest BCUT2D eigenvalue weighted by Gasteiger charge is 2.34. The molecular formula is C19H24ClFN4O2. The van der Waals surface area contributed by atoms with E-state index >= 15 is 0 Å². The Morgan fingerprint density at radius 2 is 2.15 bits per heavy atom. The number of pyridine rings is 1. The second kappa shape index (κ2) is 8.17. The summed E-state index contributed by atoms with van der Waals surface area (Å²) in [4.78, 5) is 30.6. The van der Waals surface area contributed by atoms with E-state index in [1.54, 1.807) is 4.90 Å². The first-order valence-corrected chi connectivity index (χ1v) is 9.07. The molecule has 0 aromatic carbocycles. The Kier molecular flexibility index (Phi) is 6.36. The lowest BCUT2D eigenvalue weighted by Gasteiger charge is -2.26. The van der Waals surface area contributed by atoms with Crippen molar-refractivity contribution in [2.45, 2.75) is 46.1 Å². The van der Waals surface area contributed by atoms with Crippen LogP contribution in [0, 0.1) is 10.8 Å². The van der Waals surface area contributed by atoms with Crippen LogP contribution in [0.5, 0.6) is 0 Å². The monoisotopic (exact) mass is 394 g/mol. The minimum Gasteiger partial charge on any atom is -0.343 e. The Morgan fingerprint density at radius 1 is 1.48 bits per heavy atom. The van der Waals surface area contributed by atoms with Crippen LogP contribution >= 0.6 is 11.6 Å². The highest BCUT2D eigenvalue weighted by atomic mass is 35.5. The molecule has 0 spiro atoms. The van der Waals surface area contributed by atoms with Crippen LogP contribution < -0.4 is 10.2 Å². The number of anilines is 1.